The van der Waals surface area contributed by atoms with Crippen molar-refractivity contribution in [2.45, 2.75) is 103 Å². The zero-order valence-electron chi connectivity index (χ0n) is 13.5. The molecule has 0 heteroatoms. The molecule has 0 saturated heterocycles. The molecule has 0 amide bonds. The summed E-state index contributed by atoms with van der Waals surface area (Å²) in [5.74, 6) is 0. The Hall–Kier alpha value is -0.260. The van der Waals surface area contributed by atoms with Gasteiger partial charge < -0.3 is 0 Å². The first-order valence-electron chi connectivity index (χ1n) is 8.86. The molecule has 0 aromatic rings. The molecule has 0 spiro atoms. The molecular formula is C19H37. The second-order valence-electron chi connectivity index (χ2n) is 5.79. The first-order valence-corrected chi connectivity index (χ1v) is 8.86. The molecule has 0 aliphatic rings. The van der Waals surface area contributed by atoms with E-state index in [1.54, 1.807) is 0 Å². The molecule has 1 radical (unpaired) electrons. The minimum absolute atomic E-state index is 1.11. The number of unbranched alkanes of at least 4 members (excludes halogenated alkanes) is 13. The third kappa shape index (κ3) is 17.7. The molecule has 0 saturated carbocycles. The lowest BCUT2D eigenvalue weighted by atomic mass is 10.1. The minimum Gasteiger partial charge on any atom is -0.0885 e. The summed E-state index contributed by atoms with van der Waals surface area (Å²) in [6.45, 7) is 6.16. The maximum Gasteiger partial charge on any atom is -0.0351 e. The van der Waals surface area contributed by atoms with Gasteiger partial charge in [-0.05, 0) is 25.7 Å². The van der Waals surface area contributed by atoms with Crippen molar-refractivity contribution in [1.82, 2.24) is 0 Å². The molecule has 0 N–H and O–H groups in total. The molecule has 0 fully saturated rings. The molecule has 113 valence electrons. The van der Waals surface area contributed by atoms with Crippen molar-refractivity contribution in [3.8, 4) is 0 Å². The van der Waals surface area contributed by atoms with Crippen LogP contribution < -0.4 is 0 Å². The molecule has 0 bridgehead atoms. The first kappa shape index (κ1) is 18.7. The summed E-state index contributed by atoms with van der Waals surface area (Å²) in [5.41, 5.74) is 0. The summed E-state index contributed by atoms with van der Waals surface area (Å²) in [7, 11) is 0. The van der Waals surface area contributed by atoms with Crippen LogP contribution in [0.25, 0.3) is 0 Å². The highest BCUT2D eigenvalue weighted by Gasteiger charge is 1.90. The fourth-order valence-corrected chi connectivity index (χ4v) is 2.42. The molecule has 0 rings (SSSR count). The van der Waals surface area contributed by atoms with Crippen LogP contribution in [0.3, 0.4) is 0 Å². The van der Waals surface area contributed by atoms with Gasteiger partial charge in [-0.25, -0.2) is 0 Å². The van der Waals surface area contributed by atoms with Crippen molar-refractivity contribution in [3.05, 3.63) is 19.1 Å². The van der Waals surface area contributed by atoms with E-state index in [1.807, 2.05) is 0 Å². The van der Waals surface area contributed by atoms with E-state index in [1.165, 1.54) is 89.9 Å². The maximum absolute atomic E-state index is 3.88. The smallest absolute Gasteiger partial charge is 0.0351 e. The number of allylic oxidation sites excluding steroid dienone is 2. The lowest BCUT2D eigenvalue weighted by molar-refractivity contribution is 0.583. The topological polar surface area (TPSA) is 0 Å². The lowest BCUT2D eigenvalue weighted by Crippen LogP contribution is -1.80. The number of rotatable bonds is 15. The Balaban J connectivity index is 3.00. The quantitative estimate of drug-likeness (QED) is 0.216. The molecule has 0 aromatic heterocycles. The van der Waals surface area contributed by atoms with Gasteiger partial charge in [0, 0.05) is 0 Å². The van der Waals surface area contributed by atoms with Gasteiger partial charge in [0.15, 0.2) is 0 Å². The van der Waals surface area contributed by atoms with E-state index in [-0.39, 0.29) is 0 Å². The zero-order chi connectivity index (χ0) is 14.0. The van der Waals surface area contributed by atoms with Crippen molar-refractivity contribution in [2.75, 3.05) is 0 Å². The predicted octanol–water partition coefficient (Wildman–Crippen LogP) is 7.25. The molecular weight excluding hydrogens is 228 g/mol. The molecule has 0 heterocycles. The van der Waals surface area contributed by atoms with E-state index < -0.39 is 0 Å². The molecule has 0 nitrogen and oxygen atoms in total. The summed E-state index contributed by atoms with van der Waals surface area (Å²) in [6.07, 6.45) is 25.3. The third-order valence-corrected chi connectivity index (χ3v) is 3.76. The SMILES string of the molecule is [CH2]CCCCCCCCCC=CCCCCCCC. The van der Waals surface area contributed by atoms with Crippen LogP contribution in [0.5, 0.6) is 0 Å². The summed E-state index contributed by atoms with van der Waals surface area (Å²) < 4.78 is 0. The Labute approximate surface area is 123 Å². The van der Waals surface area contributed by atoms with E-state index >= 15 is 0 Å². The molecule has 19 heavy (non-hydrogen) atoms. The van der Waals surface area contributed by atoms with Crippen molar-refractivity contribution in [1.29, 1.82) is 0 Å². The first-order chi connectivity index (χ1) is 9.41. The Morgan fingerprint density at radius 1 is 0.579 bits per heavy atom. The Kier molecular flexibility index (Phi) is 17.5. The summed E-state index contributed by atoms with van der Waals surface area (Å²) >= 11 is 0. The van der Waals surface area contributed by atoms with Gasteiger partial charge in [-0.3, -0.25) is 0 Å². The van der Waals surface area contributed by atoms with E-state index in [9.17, 15) is 0 Å². The third-order valence-electron chi connectivity index (χ3n) is 3.76. The van der Waals surface area contributed by atoms with Crippen molar-refractivity contribution in [2.24, 2.45) is 0 Å². The summed E-state index contributed by atoms with van der Waals surface area (Å²) in [6, 6.07) is 0. The van der Waals surface area contributed by atoms with Crippen LogP contribution in [0, 0.1) is 6.92 Å². The van der Waals surface area contributed by atoms with Crippen molar-refractivity contribution < 1.29 is 0 Å². The predicted molar refractivity (Wildman–Crippen MR) is 89.4 cm³/mol. The zero-order valence-corrected chi connectivity index (χ0v) is 13.5. The monoisotopic (exact) mass is 265 g/mol. The van der Waals surface area contributed by atoms with E-state index in [0.29, 0.717) is 0 Å². The van der Waals surface area contributed by atoms with E-state index in [4.69, 9.17) is 0 Å². The average molecular weight is 266 g/mol. The van der Waals surface area contributed by atoms with Gasteiger partial charge >= 0.3 is 0 Å². The number of hydrogen-bond acceptors (Lipinski definition) is 0. The van der Waals surface area contributed by atoms with Gasteiger partial charge in [0.25, 0.3) is 0 Å². The average Bonchev–Trinajstić information content (AvgIpc) is 2.43. The highest BCUT2D eigenvalue weighted by molar-refractivity contribution is 4.81. The van der Waals surface area contributed by atoms with Gasteiger partial charge in [-0.15, -0.1) is 0 Å². The second-order valence-corrected chi connectivity index (χ2v) is 5.79. The summed E-state index contributed by atoms with van der Waals surface area (Å²) in [5, 5.41) is 0. The molecule has 0 atom stereocenters. The number of hydrogen-bond donors (Lipinski definition) is 0. The summed E-state index contributed by atoms with van der Waals surface area (Å²) in [4.78, 5) is 0. The van der Waals surface area contributed by atoms with Crippen LogP contribution >= 0.6 is 0 Å². The van der Waals surface area contributed by atoms with Gasteiger partial charge in [-0.2, -0.15) is 0 Å². The maximum atomic E-state index is 3.88. The van der Waals surface area contributed by atoms with Crippen molar-refractivity contribution in [3.63, 3.8) is 0 Å². The molecule has 0 aromatic carbocycles. The van der Waals surface area contributed by atoms with E-state index in [0.717, 1.165) is 6.42 Å². The van der Waals surface area contributed by atoms with E-state index in [2.05, 4.69) is 26.0 Å². The highest BCUT2D eigenvalue weighted by Crippen LogP contribution is 2.10. The van der Waals surface area contributed by atoms with Crippen LogP contribution in [0.4, 0.5) is 0 Å². The highest BCUT2D eigenvalue weighted by atomic mass is 14.0. The van der Waals surface area contributed by atoms with Gasteiger partial charge in [0.2, 0.25) is 0 Å². The van der Waals surface area contributed by atoms with Crippen LogP contribution in [0.2, 0.25) is 0 Å². The van der Waals surface area contributed by atoms with Crippen LogP contribution in [0.15, 0.2) is 12.2 Å². The Morgan fingerprint density at radius 2 is 1.00 bits per heavy atom. The van der Waals surface area contributed by atoms with Crippen LogP contribution in [-0.2, 0) is 0 Å². The van der Waals surface area contributed by atoms with Gasteiger partial charge in [0.05, 0.1) is 0 Å². The fourth-order valence-electron chi connectivity index (χ4n) is 2.42. The molecule has 0 aliphatic carbocycles. The molecule has 0 unspecified atom stereocenters. The normalized spacial score (nSPS) is 11.5. The van der Waals surface area contributed by atoms with Crippen molar-refractivity contribution >= 4 is 0 Å². The fraction of sp³-hybridized carbons (Fsp3) is 0.842. The van der Waals surface area contributed by atoms with Gasteiger partial charge in [0.1, 0.15) is 0 Å². The minimum atomic E-state index is 1.11. The van der Waals surface area contributed by atoms with Gasteiger partial charge in [-0.1, -0.05) is 96.6 Å². The van der Waals surface area contributed by atoms with Crippen LogP contribution in [-0.4, -0.2) is 0 Å². The molecule has 0 aliphatic heterocycles. The lowest BCUT2D eigenvalue weighted by Gasteiger charge is -2.00. The Morgan fingerprint density at radius 3 is 1.47 bits per heavy atom. The largest absolute Gasteiger partial charge is 0.0885 e. The van der Waals surface area contributed by atoms with Crippen LogP contribution in [0.1, 0.15) is 103 Å². The standard InChI is InChI=1S/C19H37/c1-3-5-7-9-11-13-15-17-19-18-16-14-12-10-8-6-4-2/h16,18H,1,3-15,17,19H2,2H3. The second kappa shape index (κ2) is 17.7. The Bertz CT molecular complexity index is 169.